The van der Waals surface area contributed by atoms with Gasteiger partial charge in [0.05, 0.1) is 7.11 Å². The molecule has 0 aliphatic rings. The average molecular weight is 285 g/mol. The molecule has 0 saturated heterocycles. The fourth-order valence-corrected chi connectivity index (χ4v) is 2.49. The van der Waals surface area contributed by atoms with Crippen molar-refractivity contribution in [2.45, 2.75) is 32.9 Å². The number of phenols is 1. The second-order valence-electron chi connectivity index (χ2n) is 5.45. The van der Waals surface area contributed by atoms with Crippen molar-refractivity contribution in [1.82, 2.24) is 5.32 Å². The highest BCUT2D eigenvalue weighted by Gasteiger charge is 2.14. The molecule has 0 saturated carbocycles. The van der Waals surface area contributed by atoms with Crippen molar-refractivity contribution in [2.75, 3.05) is 7.11 Å². The van der Waals surface area contributed by atoms with Crippen molar-refractivity contribution in [2.24, 2.45) is 0 Å². The van der Waals surface area contributed by atoms with E-state index < -0.39 is 0 Å². The number of hydrogen-bond donors (Lipinski definition) is 2. The Hall–Kier alpha value is -2.00. The fraction of sp³-hybridized carbons (Fsp3) is 0.333. The van der Waals surface area contributed by atoms with Crippen molar-refractivity contribution in [3.8, 4) is 11.5 Å². The molecule has 112 valence electrons. The first-order chi connectivity index (χ1) is 10.0. The Morgan fingerprint density at radius 2 is 1.81 bits per heavy atom. The maximum absolute atomic E-state index is 10.0. The molecular formula is C18H23NO2. The molecule has 2 aromatic carbocycles. The van der Waals surface area contributed by atoms with Crippen LogP contribution in [0, 0.1) is 6.92 Å². The van der Waals surface area contributed by atoms with E-state index >= 15 is 0 Å². The molecule has 2 rings (SSSR count). The predicted octanol–water partition coefficient (Wildman–Crippen LogP) is 4.12. The molecule has 3 nitrogen and oxygen atoms in total. The van der Waals surface area contributed by atoms with E-state index in [9.17, 15) is 5.11 Å². The van der Waals surface area contributed by atoms with Crippen LogP contribution in [0.4, 0.5) is 0 Å². The van der Waals surface area contributed by atoms with Gasteiger partial charge in [0, 0.05) is 17.6 Å². The summed E-state index contributed by atoms with van der Waals surface area (Å²) in [7, 11) is 1.67. The standard InChI is InChI=1S/C18H23NO2/c1-12-8-9-18(20)17(10-12)14(3)19-13(2)15-6-5-7-16(11-15)21-4/h5-11,13-14,19-20H,1-4H3. The Kier molecular flexibility index (Phi) is 4.86. The number of aryl methyl sites for hydroxylation is 1. The molecule has 0 aromatic heterocycles. The van der Waals surface area contributed by atoms with E-state index in [4.69, 9.17) is 4.74 Å². The van der Waals surface area contributed by atoms with Gasteiger partial charge in [-0.1, -0.05) is 29.8 Å². The molecule has 0 aliphatic carbocycles. The summed E-state index contributed by atoms with van der Waals surface area (Å²) in [5.41, 5.74) is 3.23. The van der Waals surface area contributed by atoms with Crippen LogP contribution in [0.15, 0.2) is 42.5 Å². The molecule has 0 radical (unpaired) electrons. The second kappa shape index (κ2) is 6.64. The first-order valence-electron chi connectivity index (χ1n) is 7.20. The monoisotopic (exact) mass is 285 g/mol. The molecule has 21 heavy (non-hydrogen) atoms. The summed E-state index contributed by atoms with van der Waals surface area (Å²) in [5, 5.41) is 13.5. The SMILES string of the molecule is COc1cccc(C(C)NC(C)c2cc(C)ccc2O)c1. The molecule has 0 aliphatic heterocycles. The van der Waals surface area contributed by atoms with E-state index in [1.54, 1.807) is 13.2 Å². The first-order valence-corrected chi connectivity index (χ1v) is 7.20. The Balaban J connectivity index is 2.14. The van der Waals surface area contributed by atoms with E-state index in [-0.39, 0.29) is 12.1 Å². The van der Waals surface area contributed by atoms with Crippen LogP contribution in [0.25, 0.3) is 0 Å². The first kappa shape index (κ1) is 15.4. The summed E-state index contributed by atoms with van der Waals surface area (Å²) < 4.78 is 5.26. The predicted molar refractivity (Wildman–Crippen MR) is 85.8 cm³/mol. The van der Waals surface area contributed by atoms with Gasteiger partial charge in [-0.25, -0.2) is 0 Å². The zero-order valence-electron chi connectivity index (χ0n) is 13.1. The number of methoxy groups -OCH3 is 1. The summed E-state index contributed by atoms with van der Waals surface area (Å²) in [5.74, 6) is 1.19. The lowest BCUT2D eigenvalue weighted by Crippen LogP contribution is -2.22. The van der Waals surface area contributed by atoms with Gasteiger partial charge in [0.25, 0.3) is 0 Å². The third-order valence-electron chi connectivity index (χ3n) is 3.74. The summed E-state index contributed by atoms with van der Waals surface area (Å²) >= 11 is 0. The van der Waals surface area contributed by atoms with Gasteiger partial charge in [-0.2, -0.15) is 0 Å². The highest BCUT2D eigenvalue weighted by atomic mass is 16.5. The molecule has 2 atom stereocenters. The van der Waals surface area contributed by atoms with Crippen LogP contribution in [-0.2, 0) is 0 Å². The smallest absolute Gasteiger partial charge is 0.120 e. The minimum Gasteiger partial charge on any atom is -0.508 e. The number of phenolic OH excluding ortho intramolecular Hbond substituents is 1. The Bertz CT molecular complexity index is 610. The molecule has 2 unspecified atom stereocenters. The molecule has 0 heterocycles. The Morgan fingerprint density at radius 1 is 1.05 bits per heavy atom. The third kappa shape index (κ3) is 3.76. The van der Waals surface area contributed by atoms with Crippen LogP contribution >= 0.6 is 0 Å². The molecule has 0 spiro atoms. The van der Waals surface area contributed by atoms with Gasteiger partial charge in [0.1, 0.15) is 11.5 Å². The van der Waals surface area contributed by atoms with Crippen molar-refractivity contribution in [1.29, 1.82) is 0 Å². The van der Waals surface area contributed by atoms with Gasteiger partial charge in [0.15, 0.2) is 0 Å². The topological polar surface area (TPSA) is 41.5 Å². The minimum atomic E-state index is 0.0612. The highest BCUT2D eigenvalue weighted by molar-refractivity contribution is 5.38. The van der Waals surface area contributed by atoms with Gasteiger partial charge in [0.2, 0.25) is 0 Å². The third-order valence-corrected chi connectivity index (χ3v) is 3.74. The van der Waals surface area contributed by atoms with Gasteiger partial charge in [-0.05, 0) is 44.5 Å². The quantitative estimate of drug-likeness (QED) is 0.868. The van der Waals surface area contributed by atoms with Crippen LogP contribution in [-0.4, -0.2) is 12.2 Å². The molecule has 2 N–H and O–H groups in total. The number of rotatable bonds is 5. The minimum absolute atomic E-state index is 0.0612. The maximum atomic E-state index is 10.0. The van der Waals surface area contributed by atoms with Crippen LogP contribution in [0.3, 0.4) is 0 Å². The number of aromatic hydroxyl groups is 1. The molecule has 3 heteroatoms. The molecule has 0 fully saturated rings. The molecule has 2 aromatic rings. The molecular weight excluding hydrogens is 262 g/mol. The highest BCUT2D eigenvalue weighted by Crippen LogP contribution is 2.28. The van der Waals surface area contributed by atoms with Gasteiger partial charge in [-0.15, -0.1) is 0 Å². The zero-order valence-corrected chi connectivity index (χ0v) is 13.1. The Morgan fingerprint density at radius 3 is 2.52 bits per heavy atom. The lowest BCUT2D eigenvalue weighted by molar-refractivity contribution is 0.411. The van der Waals surface area contributed by atoms with Crippen LogP contribution in [0.2, 0.25) is 0 Å². The van der Waals surface area contributed by atoms with E-state index in [0.29, 0.717) is 5.75 Å². The summed E-state index contributed by atoms with van der Waals surface area (Å²) in [6.45, 7) is 6.20. The summed E-state index contributed by atoms with van der Waals surface area (Å²) in [4.78, 5) is 0. The van der Waals surface area contributed by atoms with Gasteiger partial charge >= 0.3 is 0 Å². The van der Waals surface area contributed by atoms with E-state index in [1.165, 1.54) is 0 Å². The van der Waals surface area contributed by atoms with Gasteiger partial charge in [-0.3, -0.25) is 0 Å². The van der Waals surface area contributed by atoms with E-state index in [0.717, 1.165) is 22.4 Å². The van der Waals surface area contributed by atoms with E-state index in [2.05, 4.69) is 25.2 Å². The number of ether oxygens (including phenoxy) is 1. The van der Waals surface area contributed by atoms with E-state index in [1.807, 2.05) is 37.3 Å². The summed E-state index contributed by atoms with van der Waals surface area (Å²) in [6.07, 6.45) is 0. The average Bonchev–Trinajstić information content (AvgIpc) is 2.49. The van der Waals surface area contributed by atoms with Crippen LogP contribution in [0.1, 0.15) is 42.6 Å². The lowest BCUT2D eigenvalue weighted by atomic mass is 10.0. The van der Waals surface area contributed by atoms with Crippen LogP contribution in [0.5, 0.6) is 11.5 Å². The lowest BCUT2D eigenvalue weighted by Gasteiger charge is -2.22. The van der Waals surface area contributed by atoms with Crippen molar-refractivity contribution < 1.29 is 9.84 Å². The largest absolute Gasteiger partial charge is 0.508 e. The number of nitrogens with one attached hydrogen (secondary N) is 1. The van der Waals surface area contributed by atoms with Gasteiger partial charge < -0.3 is 15.2 Å². The normalized spacial score (nSPS) is 13.7. The number of benzene rings is 2. The zero-order chi connectivity index (χ0) is 15.4. The number of hydrogen-bond acceptors (Lipinski definition) is 3. The maximum Gasteiger partial charge on any atom is 0.120 e. The van der Waals surface area contributed by atoms with Crippen molar-refractivity contribution >= 4 is 0 Å². The molecule has 0 bridgehead atoms. The fourth-order valence-electron chi connectivity index (χ4n) is 2.49. The summed E-state index contributed by atoms with van der Waals surface area (Å²) in [6, 6.07) is 13.9. The van der Waals surface area contributed by atoms with Crippen molar-refractivity contribution in [3.63, 3.8) is 0 Å². The van der Waals surface area contributed by atoms with Crippen molar-refractivity contribution in [3.05, 3.63) is 59.2 Å². The second-order valence-corrected chi connectivity index (χ2v) is 5.45. The Labute approximate surface area is 126 Å². The van der Waals surface area contributed by atoms with Crippen LogP contribution < -0.4 is 10.1 Å². The molecule has 0 amide bonds.